The number of hydrogen-bond donors (Lipinski definition) is 2. The van der Waals surface area contributed by atoms with E-state index in [1.54, 1.807) is 14.2 Å². The Morgan fingerprint density at radius 2 is 1.75 bits per heavy atom. The van der Waals surface area contributed by atoms with Gasteiger partial charge in [-0.25, -0.2) is 0 Å². The highest BCUT2D eigenvalue weighted by Gasteiger charge is 2.20. The Hall–Kier alpha value is 0.0569. The van der Waals surface area contributed by atoms with Gasteiger partial charge in [-0.05, 0) is 13.0 Å². The lowest BCUT2D eigenvalue weighted by atomic mass is 10.5. The van der Waals surface area contributed by atoms with Crippen LogP contribution in [-0.2, 0) is 8.85 Å². The van der Waals surface area contributed by atoms with E-state index in [0.29, 0.717) is 5.67 Å². The summed E-state index contributed by atoms with van der Waals surface area (Å²) in [4.78, 5) is 0. The van der Waals surface area contributed by atoms with E-state index in [1.165, 1.54) is 0 Å². The number of hydrogen-bond acceptors (Lipinski definition) is 4. The summed E-state index contributed by atoms with van der Waals surface area (Å²) >= 11 is 0. The fourth-order valence-corrected chi connectivity index (χ4v) is 2.78. The van der Waals surface area contributed by atoms with Gasteiger partial charge >= 0.3 is 9.28 Å². The van der Waals surface area contributed by atoms with Crippen LogP contribution >= 0.6 is 0 Å². The molecule has 0 aromatic rings. The van der Waals surface area contributed by atoms with Gasteiger partial charge < -0.3 is 20.3 Å². The van der Waals surface area contributed by atoms with Gasteiger partial charge in [-0.15, -0.1) is 0 Å². The molecule has 0 bridgehead atoms. The largest absolute Gasteiger partial charge is 0.399 e. The van der Waals surface area contributed by atoms with Crippen molar-refractivity contribution in [2.75, 3.05) is 20.8 Å². The van der Waals surface area contributed by atoms with Crippen molar-refractivity contribution in [3.63, 3.8) is 0 Å². The summed E-state index contributed by atoms with van der Waals surface area (Å²) < 4.78 is 10.5. The molecule has 0 aliphatic heterocycles. The maximum absolute atomic E-state index is 5.26. The first kappa shape index (κ1) is 14.6. The summed E-state index contributed by atoms with van der Waals surface area (Å²) in [5.41, 5.74) is 0.440. The van der Waals surface area contributed by atoms with Gasteiger partial charge in [0, 0.05) is 19.9 Å². The fraction of sp³-hybridized carbons (Fsp3) is 1.00. The first-order valence-electron chi connectivity index (χ1n) is 4.09. The predicted molar refractivity (Wildman–Crippen MR) is 53.9 cm³/mol. The molecular weight excluding hydrogens is 172 g/mol. The Morgan fingerprint density at radius 3 is 2.00 bits per heavy atom. The minimum absolute atomic E-state index is 0. The Bertz CT molecular complexity index is 91.5. The van der Waals surface area contributed by atoms with Crippen molar-refractivity contribution >= 4 is 9.28 Å². The van der Waals surface area contributed by atoms with Crippen molar-refractivity contribution in [1.82, 2.24) is 11.5 Å². The van der Waals surface area contributed by atoms with Crippen LogP contribution in [0.15, 0.2) is 0 Å². The van der Waals surface area contributed by atoms with Crippen molar-refractivity contribution in [1.29, 1.82) is 0 Å². The van der Waals surface area contributed by atoms with Gasteiger partial charge in [0.15, 0.2) is 0 Å². The van der Waals surface area contributed by atoms with Gasteiger partial charge in [-0.3, -0.25) is 0 Å². The molecule has 4 nitrogen and oxygen atoms in total. The van der Waals surface area contributed by atoms with Crippen LogP contribution in [0.2, 0.25) is 0 Å². The summed E-state index contributed by atoms with van der Waals surface area (Å²) in [6, 6.07) is 0. The zero-order chi connectivity index (χ0) is 8.69. The Labute approximate surface area is 77.1 Å². The van der Waals surface area contributed by atoms with Crippen molar-refractivity contribution in [2.24, 2.45) is 0 Å². The average molecular weight is 194 g/mol. The third-order valence-corrected chi connectivity index (χ3v) is 3.99. The molecule has 0 spiro atoms. The summed E-state index contributed by atoms with van der Waals surface area (Å²) in [7, 11) is 2.01. The van der Waals surface area contributed by atoms with E-state index >= 15 is 0 Å². The second-order valence-electron chi connectivity index (χ2n) is 2.41. The van der Waals surface area contributed by atoms with Crippen LogP contribution in [0.25, 0.3) is 0 Å². The molecule has 0 saturated heterocycles. The summed E-state index contributed by atoms with van der Waals surface area (Å²) in [5, 5.41) is 3.35. The molecule has 12 heavy (non-hydrogen) atoms. The average Bonchev–Trinajstić information content (AvgIpc) is 2.05. The van der Waals surface area contributed by atoms with Gasteiger partial charge in [0.2, 0.25) is 0 Å². The normalized spacial score (nSPS) is 12.8. The van der Waals surface area contributed by atoms with Crippen molar-refractivity contribution in [2.45, 2.75) is 25.9 Å². The van der Waals surface area contributed by atoms with Crippen molar-refractivity contribution in [3.8, 4) is 0 Å². The molecule has 0 rings (SSSR count). The van der Waals surface area contributed by atoms with Gasteiger partial charge in [-0.1, -0.05) is 13.8 Å². The van der Waals surface area contributed by atoms with Crippen molar-refractivity contribution < 1.29 is 8.85 Å². The van der Waals surface area contributed by atoms with E-state index < -0.39 is 9.28 Å². The summed E-state index contributed by atoms with van der Waals surface area (Å²) in [5.74, 6) is 0. The molecule has 4 N–H and O–H groups in total. The summed E-state index contributed by atoms with van der Waals surface area (Å²) in [6.45, 7) is 5.22. The molecule has 0 aliphatic carbocycles. The Kier molecular flexibility index (Phi) is 11.1. The van der Waals surface area contributed by atoms with E-state index in [9.17, 15) is 0 Å². The molecule has 1 unspecified atom stereocenters. The first-order valence-corrected chi connectivity index (χ1v) is 5.70. The highest BCUT2D eigenvalue weighted by atomic mass is 28.3. The minimum Gasteiger partial charge on any atom is -0.399 e. The maximum Gasteiger partial charge on any atom is 0.338 e. The Morgan fingerprint density at radius 1 is 1.25 bits per heavy atom. The molecule has 76 valence electrons. The zero-order valence-corrected chi connectivity index (χ0v) is 9.75. The predicted octanol–water partition coefficient (Wildman–Crippen LogP) is 0.589. The molecule has 0 saturated carbocycles. The first-order chi connectivity index (χ1) is 5.29. The lowest BCUT2D eigenvalue weighted by Gasteiger charge is -2.21. The highest BCUT2D eigenvalue weighted by Crippen LogP contribution is 1.98. The molecule has 0 aromatic heterocycles. The van der Waals surface area contributed by atoms with Crippen LogP contribution in [0.4, 0.5) is 0 Å². The highest BCUT2D eigenvalue weighted by molar-refractivity contribution is 6.46. The molecule has 0 aliphatic rings. The minimum atomic E-state index is -1.44. The van der Waals surface area contributed by atoms with Crippen molar-refractivity contribution in [3.05, 3.63) is 0 Å². The smallest absolute Gasteiger partial charge is 0.338 e. The number of rotatable bonds is 6. The van der Waals surface area contributed by atoms with E-state index in [-0.39, 0.29) is 6.15 Å². The van der Waals surface area contributed by atoms with Crippen LogP contribution in [0, 0.1) is 0 Å². The molecule has 5 heteroatoms. The van der Waals surface area contributed by atoms with Crippen LogP contribution < -0.4 is 11.5 Å². The number of nitrogens with one attached hydrogen (secondary N) is 1. The molecule has 0 amide bonds. The molecule has 0 fully saturated rings. The van der Waals surface area contributed by atoms with Crippen LogP contribution in [0.3, 0.4) is 0 Å². The van der Waals surface area contributed by atoms with E-state index in [4.69, 9.17) is 8.85 Å². The maximum atomic E-state index is 5.26. The topological polar surface area (TPSA) is 65.5 Å². The van der Waals surface area contributed by atoms with Gasteiger partial charge in [-0.2, -0.15) is 0 Å². The molecule has 0 heterocycles. The SMILES string of the molecule is CCNC(CC)[SiH](OC)OC.N. The second-order valence-corrected chi connectivity index (χ2v) is 4.90. The van der Waals surface area contributed by atoms with Gasteiger partial charge in [0.05, 0.1) is 0 Å². The lowest BCUT2D eigenvalue weighted by Crippen LogP contribution is -2.45. The second kappa shape index (κ2) is 9.15. The third kappa shape index (κ3) is 4.84. The summed E-state index contributed by atoms with van der Waals surface area (Å²) in [6.07, 6.45) is 1.08. The van der Waals surface area contributed by atoms with E-state index in [1.807, 2.05) is 0 Å². The van der Waals surface area contributed by atoms with Gasteiger partial charge in [0.25, 0.3) is 0 Å². The molecule has 0 radical (unpaired) electrons. The third-order valence-electron chi connectivity index (χ3n) is 1.70. The fourth-order valence-electron chi connectivity index (χ4n) is 1.12. The van der Waals surface area contributed by atoms with Gasteiger partial charge in [0.1, 0.15) is 0 Å². The van der Waals surface area contributed by atoms with E-state index in [0.717, 1.165) is 13.0 Å². The van der Waals surface area contributed by atoms with Crippen LogP contribution in [0.1, 0.15) is 20.3 Å². The molecule has 1 atom stereocenters. The monoisotopic (exact) mass is 194 g/mol. The quantitative estimate of drug-likeness (QED) is 0.607. The molecular formula is C7H22N2O2Si. The molecule has 0 aromatic carbocycles. The lowest BCUT2D eigenvalue weighted by molar-refractivity contribution is 0.257. The Balaban J connectivity index is 0. The zero-order valence-electron chi connectivity index (χ0n) is 8.59. The van der Waals surface area contributed by atoms with Crippen LogP contribution in [0.5, 0.6) is 0 Å². The van der Waals surface area contributed by atoms with E-state index in [2.05, 4.69) is 19.2 Å². The standard InChI is InChI=1S/C7H19NO2Si.H3N/c1-5-7(8-6-2)11(9-3)10-4;/h7-8,11H,5-6H2,1-4H3;1H3. The van der Waals surface area contributed by atoms with Crippen LogP contribution in [-0.4, -0.2) is 35.7 Å².